The zero-order chi connectivity index (χ0) is 4.24. The van der Waals surface area contributed by atoms with E-state index in [1.807, 2.05) is 0 Å². The number of rotatable bonds is 0. The van der Waals surface area contributed by atoms with Crippen molar-refractivity contribution in [2.45, 2.75) is 0 Å². The molecule has 0 aliphatic carbocycles. The molecule has 0 bridgehead atoms. The van der Waals surface area contributed by atoms with Crippen LogP contribution in [0, 0.1) is 6.20 Å². The Kier molecular flexibility index (Phi) is 3.57. The van der Waals surface area contributed by atoms with E-state index in [1.54, 1.807) is 6.07 Å². The minimum atomic E-state index is 0. The van der Waals surface area contributed by atoms with Crippen LogP contribution in [0.25, 0.3) is 0 Å². The quantitative estimate of drug-likeness (QED) is 0.245. The third kappa shape index (κ3) is 2.32. The first kappa shape index (κ1) is 6.61. The molecule has 1 rings (SSSR count). The predicted molar refractivity (Wildman–Crippen MR) is 18.7 cm³/mol. The van der Waals surface area contributed by atoms with E-state index in [2.05, 4.69) is 21.6 Å². The average Bonchev–Trinajstić information content (AvgIpc) is 1.72. The molecule has 0 N–H and O–H groups in total. The molecule has 0 saturated heterocycles. The summed E-state index contributed by atoms with van der Waals surface area (Å²) in [5.74, 6) is 0. The smallest absolute Gasteiger partial charge is 0.247 e. The van der Waals surface area contributed by atoms with Crippen molar-refractivity contribution in [1.29, 1.82) is 0 Å². The molecule has 4 heteroatoms. The van der Waals surface area contributed by atoms with Crippen LogP contribution in [0.1, 0.15) is 0 Å². The van der Waals surface area contributed by atoms with Crippen LogP contribution in [0.15, 0.2) is 12.3 Å². The normalized spacial score (nSPS) is 6.86. The van der Waals surface area contributed by atoms with Gasteiger partial charge in [-0.2, -0.15) is 6.07 Å². The Morgan fingerprint density at radius 1 is 1.43 bits per heavy atom. The molecule has 0 atom stereocenters. The molecule has 0 unspecified atom stereocenters. The van der Waals surface area contributed by atoms with E-state index in [9.17, 15) is 0 Å². The van der Waals surface area contributed by atoms with Crippen molar-refractivity contribution in [1.82, 2.24) is 15.4 Å². The van der Waals surface area contributed by atoms with E-state index < -0.39 is 0 Å². The zero-order valence-corrected chi connectivity index (χ0v) is 4.00. The maximum atomic E-state index is 3.39. The van der Waals surface area contributed by atoms with Gasteiger partial charge in [0.25, 0.3) is 0 Å². The minimum Gasteiger partial charge on any atom is -0.247 e. The third-order valence-corrected chi connectivity index (χ3v) is 0.370. The fourth-order valence-corrected chi connectivity index (χ4v) is 0.181. The summed E-state index contributed by atoms with van der Waals surface area (Å²) in [6.45, 7) is 0. The van der Waals surface area contributed by atoms with Gasteiger partial charge in [0.1, 0.15) is 0 Å². The Morgan fingerprint density at radius 3 is 2.43 bits per heavy atom. The standard InChI is InChI=1S/C3H2N3.Li/c1-2-4-6-5-3-1;/h1-2H;/q-1;+1. The molecule has 1 aromatic rings. The molecule has 0 saturated carbocycles. The largest absolute Gasteiger partial charge is 1.00 e. The van der Waals surface area contributed by atoms with E-state index in [0.717, 1.165) is 0 Å². The van der Waals surface area contributed by atoms with Crippen LogP contribution in [-0.2, 0) is 0 Å². The fourth-order valence-electron chi connectivity index (χ4n) is 0.181. The summed E-state index contributed by atoms with van der Waals surface area (Å²) in [6, 6.07) is 1.59. The Morgan fingerprint density at radius 2 is 2.29 bits per heavy atom. The van der Waals surface area contributed by atoms with Gasteiger partial charge in [-0.1, -0.05) is 11.4 Å². The molecular formula is C3H2LiN3. The van der Waals surface area contributed by atoms with Gasteiger partial charge in [0.05, 0.1) is 0 Å². The second-order valence-corrected chi connectivity index (χ2v) is 0.750. The molecular weight excluding hydrogens is 85.0 g/mol. The number of hydrogen-bond donors (Lipinski definition) is 0. The van der Waals surface area contributed by atoms with Gasteiger partial charge in [-0.3, -0.25) is 0 Å². The molecule has 7 heavy (non-hydrogen) atoms. The maximum Gasteiger partial charge on any atom is 1.00 e. The van der Waals surface area contributed by atoms with Crippen LogP contribution in [0.5, 0.6) is 0 Å². The number of aromatic nitrogens is 3. The fraction of sp³-hybridized carbons (Fsp3) is 0. The summed E-state index contributed by atoms with van der Waals surface area (Å²) in [5, 5.41) is 9.92. The van der Waals surface area contributed by atoms with Crippen LogP contribution in [0.4, 0.5) is 0 Å². The molecule has 0 fully saturated rings. The van der Waals surface area contributed by atoms with Crippen molar-refractivity contribution in [3.05, 3.63) is 18.5 Å². The second-order valence-electron chi connectivity index (χ2n) is 0.750. The molecule has 1 heterocycles. The van der Waals surface area contributed by atoms with Crippen LogP contribution >= 0.6 is 0 Å². The summed E-state index contributed by atoms with van der Waals surface area (Å²) >= 11 is 0. The van der Waals surface area contributed by atoms with Gasteiger partial charge < -0.3 is 0 Å². The molecule has 0 radical (unpaired) electrons. The van der Waals surface area contributed by atoms with Gasteiger partial charge in [-0.05, 0) is 0 Å². The number of hydrogen-bond acceptors (Lipinski definition) is 3. The molecule has 0 aliphatic rings. The first-order chi connectivity index (χ1) is 3.00. The summed E-state index contributed by atoms with van der Waals surface area (Å²) in [7, 11) is 0. The molecule has 30 valence electrons. The Balaban J connectivity index is 0.000000360. The van der Waals surface area contributed by atoms with Crippen molar-refractivity contribution in [2.75, 3.05) is 0 Å². The van der Waals surface area contributed by atoms with Gasteiger partial charge in [0.2, 0.25) is 0 Å². The van der Waals surface area contributed by atoms with Gasteiger partial charge in [-0.15, -0.1) is 6.20 Å². The summed E-state index contributed by atoms with van der Waals surface area (Å²) < 4.78 is 0. The summed E-state index contributed by atoms with van der Waals surface area (Å²) in [5.41, 5.74) is 0. The molecule has 1 aromatic heterocycles. The van der Waals surface area contributed by atoms with E-state index in [1.165, 1.54) is 6.20 Å². The van der Waals surface area contributed by atoms with Crippen LogP contribution in [0.3, 0.4) is 0 Å². The summed E-state index contributed by atoms with van der Waals surface area (Å²) in [6.07, 6.45) is 3.99. The molecule has 0 amide bonds. The zero-order valence-electron chi connectivity index (χ0n) is 4.00. The van der Waals surface area contributed by atoms with Crippen LogP contribution < -0.4 is 18.9 Å². The van der Waals surface area contributed by atoms with Crippen molar-refractivity contribution >= 4 is 0 Å². The van der Waals surface area contributed by atoms with Crippen LogP contribution in [0.2, 0.25) is 0 Å². The van der Waals surface area contributed by atoms with Crippen LogP contribution in [-0.4, -0.2) is 15.4 Å². The summed E-state index contributed by atoms with van der Waals surface area (Å²) in [4.78, 5) is 0. The average molecular weight is 87.0 g/mol. The Hall–Kier alpha value is -0.393. The van der Waals surface area contributed by atoms with E-state index in [4.69, 9.17) is 0 Å². The molecule has 0 aromatic carbocycles. The van der Waals surface area contributed by atoms with Crippen molar-refractivity contribution in [2.24, 2.45) is 0 Å². The predicted octanol–water partition coefficient (Wildman–Crippen LogP) is -3.32. The van der Waals surface area contributed by atoms with E-state index in [0.29, 0.717) is 0 Å². The third-order valence-electron chi connectivity index (χ3n) is 0.370. The second kappa shape index (κ2) is 3.79. The van der Waals surface area contributed by atoms with Gasteiger partial charge in [-0.25, -0.2) is 10.2 Å². The first-order valence-corrected chi connectivity index (χ1v) is 1.50. The Labute approximate surface area is 53.3 Å². The van der Waals surface area contributed by atoms with Crippen molar-refractivity contribution in [3.8, 4) is 0 Å². The monoisotopic (exact) mass is 87.0 g/mol. The molecule has 0 aliphatic heterocycles. The SMILES string of the molecule is [Li+].[c-]1ccnnn1. The van der Waals surface area contributed by atoms with Crippen molar-refractivity contribution in [3.63, 3.8) is 0 Å². The molecule has 0 spiro atoms. The van der Waals surface area contributed by atoms with Gasteiger partial charge >= 0.3 is 18.9 Å². The van der Waals surface area contributed by atoms with E-state index in [-0.39, 0.29) is 18.9 Å². The van der Waals surface area contributed by atoms with Gasteiger partial charge in [0, 0.05) is 0 Å². The van der Waals surface area contributed by atoms with E-state index >= 15 is 0 Å². The Bertz CT molecular complexity index is 82.1. The minimum absolute atomic E-state index is 0. The maximum absolute atomic E-state index is 3.39. The first-order valence-electron chi connectivity index (χ1n) is 1.50. The van der Waals surface area contributed by atoms with Crippen molar-refractivity contribution < 1.29 is 18.9 Å². The number of nitrogens with zero attached hydrogens (tertiary/aromatic N) is 3. The topological polar surface area (TPSA) is 38.7 Å². The molecule has 3 nitrogen and oxygen atoms in total. The van der Waals surface area contributed by atoms with Gasteiger partial charge in [0.15, 0.2) is 0 Å².